The lowest BCUT2D eigenvalue weighted by Crippen LogP contribution is -2.50. The van der Waals surface area contributed by atoms with Crippen LogP contribution in [0.1, 0.15) is 32.6 Å². The van der Waals surface area contributed by atoms with Gasteiger partial charge in [-0.25, -0.2) is 8.42 Å². The summed E-state index contributed by atoms with van der Waals surface area (Å²) in [7, 11) is 0.646. The Morgan fingerprint density at radius 1 is 1.17 bits per heavy atom. The number of nitrogens with zero attached hydrogens (tertiary/aromatic N) is 2. The summed E-state index contributed by atoms with van der Waals surface area (Å²) in [5, 5.41) is 2.64. The number of hydrogen-bond donors (Lipinski definition) is 1. The maximum atomic E-state index is 12.4. The van der Waals surface area contributed by atoms with Gasteiger partial charge in [0.2, 0.25) is 0 Å². The van der Waals surface area contributed by atoms with Crippen LogP contribution in [0.25, 0.3) is 0 Å². The number of sulfone groups is 1. The van der Waals surface area contributed by atoms with Crippen molar-refractivity contribution in [1.82, 2.24) is 15.1 Å². The smallest absolute Gasteiger partial charge is 0.312 e. The lowest BCUT2D eigenvalue weighted by Gasteiger charge is -2.28. The third kappa shape index (κ3) is 6.87. The van der Waals surface area contributed by atoms with Crippen LogP contribution in [0, 0.1) is 0 Å². The van der Waals surface area contributed by atoms with Crippen molar-refractivity contribution in [2.75, 3.05) is 45.2 Å². The fraction of sp³-hybridized carbons (Fsp3) is 0.867. The fourth-order valence-electron chi connectivity index (χ4n) is 2.56. The molecule has 0 aromatic rings. The van der Waals surface area contributed by atoms with Gasteiger partial charge in [0.25, 0.3) is 0 Å². The van der Waals surface area contributed by atoms with Crippen LogP contribution in [0.5, 0.6) is 0 Å². The summed E-state index contributed by atoms with van der Waals surface area (Å²) in [6.45, 7) is 3.49. The Morgan fingerprint density at radius 3 is 2.39 bits per heavy atom. The van der Waals surface area contributed by atoms with Crippen LogP contribution >= 0.6 is 0 Å². The lowest BCUT2D eigenvalue weighted by molar-refractivity contribution is -0.147. The molecule has 1 saturated heterocycles. The molecule has 1 unspecified atom stereocenters. The summed E-state index contributed by atoms with van der Waals surface area (Å²) in [5.74, 6) is -1.22. The van der Waals surface area contributed by atoms with Gasteiger partial charge in [-0.15, -0.1) is 0 Å². The molecule has 0 aliphatic carbocycles. The van der Waals surface area contributed by atoms with Crippen molar-refractivity contribution in [1.29, 1.82) is 0 Å². The van der Waals surface area contributed by atoms with Gasteiger partial charge in [0.1, 0.15) is 0 Å². The average molecular weight is 347 g/mol. The number of unbranched alkanes of at least 4 members (excludes halogenated alkanes) is 2. The topological polar surface area (TPSA) is 86.8 Å². The summed E-state index contributed by atoms with van der Waals surface area (Å²) in [6.07, 6.45) is 3.29. The Morgan fingerprint density at radius 2 is 1.87 bits per heavy atom. The highest BCUT2D eigenvalue weighted by Gasteiger charge is 2.36. The van der Waals surface area contributed by atoms with Gasteiger partial charge in [-0.2, -0.15) is 0 Å². The Bertz CT molecular complexity index is 505. The van der Waals surface area contributed by atoms with E-state index in [1.54, 1.807) is 0 Å². The predicted octanol–water partition coefficient (Wildman–Crippen LogP) is -0.130. The molecular weight excluding hydrogens is 318 g/mol. The van der Waals surface area contributed by atoms with Crippen molar-refractivity contribution in [2.24, 2.45) is 0 Å². The molecule has 1 aliphatic rings. The zero-order chi connectivity index (χ0) is 17.5. The van der Waals surface area contributed by atoms with Crippen molar-refractivity contribution in [2.45, 2.75) is 38.6 Å². The highest BCUT2D eigenvalue weighted by atomic mass is 32.2. The van der Waals surface area contributed by atoms with E-state index in [0.29, 0.717) is 26.1 Å². The van der Waals surface area contributed by atoms with Gasteiger partial charge in [-0.05, 0) is 26.9 Å². The number of hydrogen-bond acceptors (Lipinski definition) is 5. The van der Waals surface area contributed by atoms with Crippen LogP contribution in [-0.2, 0) is 19.4 Å². The minimum absolute atomic E-state index is 0.0463. The van der Waals surface area contributed by atoms with Crippen LogP contribution in [0.3, 0.4) is 0 Å². The normalized spacial score (nSPS) is 19.7. The molecule has 1 heterocycles. The van der Waals surface area contributed by atoms with Gasteiger partial charge in [0.15, 0.2) is 9.84 Å². The van der Waals surface area contributed by atoms with Crippen molar-refractivity contribution in [3.8, 4) is 0 Å². The van der Waals surface area contributed by atoms with E-state index < -0.39 is 27.7 Å². The Hall–Kier alpha value is -1.15. The fourth-order valence-corrected chi connectivity index (χ4v) is 4.29. The standard InChI is InChI=1S/C15H29N3O4S/c1-4-5-6-8-16-14(19)15(20)18(10-9-17(2)3)13-7-11-23(21,22)12-13/h13H,4-12H2,1-3H3,(H,16,19). The van der Waals surface area contributed by atoms with Gasteiger partial charge in [-0.3, -0.25) is 9.59 Å². The summed E-state index contributed by atoms with van der Waals surface area (Å²) in [4.78, 5) is 27.8. The summed E-state index contributed by atoms with van der Waals surface area (Å²) >= 11 is 0. The Kier molecular flexibility index (Phi) is 7.98. The molecule has 1 N–H and O–H groups in total. The molecule has 1 atom stereocenters. The molecule has 2 amide bonds. The van der Waals surface area contributed by atoms with Gasteiger partial charge in [0, 0.05) is 25.7 Å². The quantitative estimate of drug-likeness (QED) is 0.488. The lowest BCUT2D eigenvalue weighted by atomic mass is 10.2. The van der Waals surface area contributed by atoms with E-state index in [1.165, 1.54) is 4.90 Å². The summed E-state index contributed by atoms with van der Waals surface area (Å²) in [5.41, 5.74) is 0. The predicted molar refractivity (Wildman–Crippen MR) is 89.9 cm³/mol. The van der Waals surface area contributed by atoms with Gasteiger partial charge >= 0.3 is 11.8 Å². The molecular formula is C15H29N3O4S. The van der Waals surface area contributed by atoms with Crippen LogP contribution in [-0.4, -0.2) is 81.3 Å². The minimum Gasteiger partial charge on any atom is -0.348 e. The van der Waals surface area contributed by atoms with Gasteiger partial charge in [-0.1, -0.05) is 19.8 Å². The van der Waals surface area contributed by atoms with Crippen molar-refractivity contribution in [3.63, 3.8) is 0 Å². The van der Waals surface area contributed by atoms with Crippen LogP contribution in [0.4, 0.5) is 0 Å². The molecule has 1 fully saturated rings. The SMILES string of the molecule is CCCCCNC(=O)C(=O)N(CCN(C)C)C1CCS(=O)(=O)C1. The Balaban J connectivity index is 2.66. The number of amides is 2. The molecule has 8 heteroatoms. The van der Waals surface area contributed by atoms with Crippen LogP contribution < -0.4 is 5.32 Å². The van der Waals surface area contributed by atoms with E-state index >= 15 is 0 Å². The number of carbonyl (C=O) groups excluding carboxylic acids is 2. The molecule has 0 aromatic carbocycles. The zero-order valence-electron chi connectivity index (χ0n) is 14.4. The molecule has 1 rings (SSSR count). The number of rotatable bonds is 8. The van der Waals surface area contributed by atoms with E-state index in [2.05, 4.69) is 12.2 Å². The molecule has 0 saturated carbocycles. The third-order valence-electron chi connectivity index (χ3n) is 3.96. The highest BCUT2D eigenvalue weighted by Crippen LogP contribution is 2.18. The van der Waals surface area contributed by atoms with Crippen molar-refractivity contribution in [3.05, 3.63) is 0 Å². The van der Waals surface area contributed by atoms with Crippen molar-refractivity contribution < 1.29 is 18.0 Å². The van der Waals surface area contributed by atoms with E-state index in [0.717, 1.165) is 19.3 Å². The number of nitrogens with one attached hydrogen (secondary N) is 1. The average Bonchev–Trinajstić information content (AvgIpc) is 2.83. The van der Waals surface area contributed by atoms with E-state index in [4.69, 9.17) is 0 Å². The Labute approximate surface area is 139 Å². The molecule has 0 spiro atoms. The van der Waals surface area contributed by atoms with Gasteiger partial charge < -0.3 is 15.1 Å². The van der Waals surface area contributed by atoms with Crippen molar-refractivity contribution >= 4 is 21.7 Å². The minimum atomic E-state index is -3.10. The first-order valence-corrected chi connectivity index (χ1v) is 10.0. The van der Waals surface area contributed by atoms with E-state index in [-0.39, 0.29) is 11.5 Å². The maximum Gasteiger partial charge on any atom is 0.312 e. The van der Waals surface area contributed by atoms with Gasteiger partial charge in [0.05, 0.1) is 11.5 Å². The molecule has 0 radical (unpaired) electrons. The van der Waals surface area contributed by atoms with E-state index in [1.807, 2.05) is 19.0 Å². The van der Waals surface area contributed by atoms with E-state index in [9.17, 15) is 18.0 Å². The highest BCUT2D eigenvalue weighted by molar-refractivity contribution is 7.91. The third-order valence-corrected chi connectivity index (χ3v) is 5.71. The molecule has 0 aromatic heterocycles. The zero-order valence-corrected chi connectivity index (χ0v) is 15.2. The molecule has 0 bridgehead atoms. The first-order chi connectivity index (χ1) is 10.8. The molecule has 1 aliphatic heterocycles. The second-order valence-electron chi connectivity index (χ2n) is 6.32. The van der Waals surface area contributed by atoms with Crippen LogP contribution in [0.2, 0.25) is 0 Å². The molecule has 134 valence electrons. The molecule has 7 nitrogen and oxygen atoms in total. The number of likely N-dealkylation sites (N-methyl/N-ethyl adjacent to an activating group) is 1. The monoisotopic (exact) mass is 347 g/mol. The second-order valence-corrected chi connectivity index (χ2v) is 8.55. The summed E-state index contributed by atoms with van der Waals surface area (Å²) < 4.78 is 23.3. The number of carbonyl (C=O) groups is 2. The first kappa shape index (κ1) is 19.9. The maximum absolute atomic E-state index is 12.4. The first-order valence-electron chi connectivity index (χ1n) is 8.20. The second kappa shape index (κ2) is 9.22. The van der Waals surface area contributed by atoms with Crippen LogP contribution in [0.15, 0.2) is 0 Å². The largest absolute Gasteiger partial charge is 0.348 e. The summed E-state index contributed by atoms with van der Waals surface area (Å²) in [6, 6.07) is -0.395. The molecule has 23 heavy (non-hydrogen) atoms.